The highest BCUT2D eigenvalue weighted by molar-refractivity contribution is 5.70. The van der Waals surface area contributed by atoms with Gasteiger partial charge in [0.1, 0.15) is 0 Å². The molecule has 0 aromatic carbocycles. The summed E-state index contributed by atoms with van der Waals surface area (Å²) in [6.07, 6.45) is 5.65. The second-order valence-corrected chi connectivity index (χ2v) is 2.74. The van der Waals surface area contributed by atoms with Crippen LogP contribution >= 0.6 is 0 Å². The second-order valence-electron chi connectivity index (χ2n) is 2.74. The number of allylic oxidation sites excluding steroid dienone is 1. The highest BCUT2D eigenvalue weighted by atomic mass is 16.4. The van der Waals surface area contributed by atoms with E-state index in [9.17, 15) is 4.79 Å². The molecule has 0 radical (unpaired) electrons. The van der Waals surface area contributed by atoms with Crippen molar-refractivity contribution in [1.29, 1.82) is 0 Å². The van der Waals surface area contributed by atoms with Crippen LogP contribution in [0.5, 0.6) is 0 Å². The maximum atomic E-state index is 10.5. The lowest BCUT2D eigenvalue weighted by atomic mass is 10.0. The van der Waals surface area contributed by atoms with Crippen LogP contribution in [0.1, 0.15) is 12.8 Å². The Labute approximate surface area is 66.1 Å². The van der Waals surface area contributed by atoms with Crippen molar-refractivity contribution in [1.82, 2.24) is 5.32 Å². The van der Waals surface area contributed by atoms with E-state index in [-0.39, 0.29) is 5.92 Å². The standard InChI is InChI=1S/C8H13NO2/c10-8(11)7-4-2-1-3-5-9-6-7/h1-2,7,9H,3-6H2,(H,10,11). The van der Waals surface area contributed by atoms with Crippen LogP contribution in [0.4, 0.5) is 0 Å². The Morgan fingerprint density at radius 1 is 1.55 bits per heavy atom. The molecule has 0 aliphatic carbocycles. The predicted octanol–water partition coefficient (Wildman–Crippen LogP) is 0.627. The summed E-state index contributed by atoms with van der Waals surface area (Å²) < 4.78 is 0. The van der Waals surface area contributed by atoms with Gasteiger partial charge in [0.05, 0.1) is 5.92 Å². The molecule has 11 heavy (non-hydrogen) atoms. The van der Waals surface area contributed by atoms with Crippen molar-refractivity contribution >= 4 is 5.97 Å². The summed E-state index contributed by atoms with van der Waals surface area (Å²) in [6, 6.07) is 0. The fourth-order valence-electron chi connectivity index (χ4n) is 1.11. The van der Waals surface area contributed by atoms with Gasteiger partial charge in [0.25, 0.3) is 0 Å². The molecule has 0 fully saturated rings. The third-order valence-electron chi connectivity index (χ3n) is 1.82. The maximum Gasteiger partial charge on any atom is 0.308 e. The van der Waals surface area contributed by atoms with Gasteiger partial charge in [-0.15, -0.1) is 0 Å². The summed E-state index contributed by atoms with van der Waals surface area (Å²) in [5, 5.41) is 11.8. The normalized spacial score (nSPS) is 25.6. The topological polar surface area (TPSA) is 49.3 Å². The highest BCUT2D eigenvalue weighted by Gasteiger charge is 2.15. The van der Waals surface area contributed by atoms with Crippen LogP contribution in [0.15, 0.2) is 12.2 Å². The third kappa shape index (κ3) is 2.72. The van der Waals surface area contributed by atoms with Gasteiger partial charge in [0.2, 0.25) is 0 Å². The lowest BCUT2D eigenvalue weighted by molar-refractivity contribution is -0.141. The Morgan fingerprint density at radius 2 is 2.36 bits per heavy atom. The van der Waals surface area contributed by atoms with Gasteiger partial charge in [-0.3, -0.25) is 4.79 Å². The lowest BCUT2D eigenvalue weighted by Crippen LogP contribution is -2.29. The Bertz CT molecular complexity index is 165. The van der Waals surface area contributed by atoms with E-state index in [1.807, 2.05) is 12.2 Å². The quantitative estimate of drug-likeness (QED) is 0.546. The summed E-state index contributed by atoms with van der Waals surface area (Å²) in [7, 11) is 0. The van der Waals surface area contributed by atoms with Crippen LogP contribution in [0, 0.1) is 5.92 Å². The van der Waals surface area contributed by atoms with Crippen molar-refractivity contribution in [3.05, 3.63) is 12.2 Å². The van der Waals surface area contributed by atoms with Gasteiger partial charge >= 0.3 is 5.97 Å². The monoisotopic (exact) mass is 155 g/mol. The Kier molecular flexibility index (Phi) is 3.11. The minimum atomic E-state index is -0.705. The van der Waals surface area contributed by atoms with Gasteiger partial charge in [0.15, 0.2) is 0 Å². The van der Waals surface area contributed by atoms with Gasteiger partial charge in [-0.25, -0.2) is 0 Å². The van der Waals surface area contributed by atoms with E-state index in [1.54, 1.807) is 0 Å². The van der Waals surface area contributed by atoms with E-state index in [0.29, 0.717) is 13.0 Å². The van der Waals surface area contributed by atoms with Crippen LogP contribution < -0.4 is 5.32 Å². The van der Waals surface area contributed by atoms with E-state index >= 15 is 0 Å². The highest BCUT2D eigenvalue weighted by Crippen LogP contribution is 2.05. The molecule has 3 nitrogen and oxygen atoms in total. The minimum absolute atomic E-state index is 0.244. The molecule has 1 heterocycles. The van der Waals surface area contributed by atoms with Crippen molar-refractivity contribution in [3.63, 3.8) is 0 Å². The number of hydrogen-bond donors (Lipinski definition) is 2. The first-order chi connectivity index (χ1) is 5.30. The first-order valence-corrected chi connectivity index (χ1v) is 3.89. The van der Waals surface area contributed by atoms with E-state index in [4.69, 9.17) is 5.11 Å². The molecule has 1 aliphatic rings. The van der Waals surface area contributed by atoms with Gasteiger partial charge in [-0.2, -0.15) is 0 Å². The summed E-state index contributed by atoms with van der Waals surface area (Å²) in [5.41, 5.74) is 0. The number of carboxylic acids is 1. The summed E-state index contributed by atoms with van der Waals surface area (Å²) in [6.45, 7) is 1.49. The van der Waals surface area contributed by atoms with Crippen molar-refractivity contribution in [2.75, 3.05) is 13.1 Å². The van der Waals surface area contributed by atoms with Crippen LogP contribution in [0.2, 0.25) is 0 Å². The third-order valence-corrected chi connectivity index (χ3v) is 1.82. The largest absolute Gasteiger partial charge is 0.481 e. The first-order valence-electron chi connectivity index (χ1n) is 3.89. The summed E-state index contributed by atoms with van der Waals surface area (Å²) in [5.74, 6) is -0.949. The van der Waals surface area contributed by atoms with E-state index in [1.165, 1.54) is 0 Å². The molecular weight excluding hydrogens is 142 g/mol. The van der Waals surface area contributed by atoms with E-state index in [2.05, 4.69) is 5.32 Å². The second kappa shape index (κ2) is 4.13. The molecule has 62 valence electrons. The molecule has 0 bridgehead atoms. The summed E-state index contributed by atoms with van der Waals surface area (Å²) in [4.78, 5) is 10.5. The van der Waals surface area contributed by atoms with Gasteiger partial charge in [0, 0.05) is 6.54 Å². The average molecular weight is 155 g/mol. The van der Waals surface area contributed by atoms with Gasteiger partial charge < -0.3 is 10.4 Å². The first kappa shape index (κ1) is 8.27. The van der Waals surface area contributed by atoms with Crippen LogP contribution in [-0.4, -0.2) is 24.2 Å². The lowest BCUT2D eigenvalue weighted by Gasteiger charge is -2.12. The molecule has 1 unspecified atom stereocenters. The zero-order valence-corrected chi connectivity index (χ0v) is 6.42. The number of hydrogen-bond acceptors (Lipinski definition) is 2. The van der Waals surface area contributed by atoms with E-state index in [0.717, 1.165) is 13.0 Å². The maximum absolute atomic E-state index is 10.5. The molecule has 0 spiro atoms. The van der Waals surface area contributed by atoms with Gasteiger partial charge in [-0.1, -0.05) is 12.2 Å². The molecule has 3 heteroatoms. The molecule has 1 aliphatic heterocycles. The smallest absolute Gasteiger partial charge is 0.308 e. The fourth-order valence-corrected chi connectivity index (χ4v) is 1.11. The zero-order chi connectivity index (χ0) is 8.10. The van der Waals surface area contributed by atoms with Crippen LogP contribution in [0.3, 0.4) is 0 Å². The van der Waals surface area contributed by atoms with Crippen LogP contribution in [0.25, 0.3) is 0 Å². The number of carboxylic acid groups (broad SMARTS) is 1. The molecule has 0 aromatic heterocycles. The summed E-state index contributed by atoms with van der Waals surface area (Å²) >= 11 is 0. The molecule has 2 N–H and O–H groups in total. The molecule has 0 saturated carbocycles. The average Bonchev–Trinajstić information content (AvgIpc) is 1.84. The molecule has 1 rings (SSSR count). The SMILES string of the molecule is O=C(O)C1CC=CCCNC1. The number of carbonyl (C=O) groups is 1. The Morgan fingerprint density at radius 3 is 3.09 bits per heavy atom. The number of rotatable bonds is 1. The van der Waals surface area contributed by atoms with Crippen molar-refractivity contribution in [3.8, 4) is 0 Å². The predicted molar refractivity (Wildman–Crippen MR) is 42.4 cm³/mol. The molecule has 1 atom stereocenters. The Balaban J connectivity index is 2.45. The molecule has 0 saturated heterocycles. The molecule has 0 aromatic rings. The Hall–Kier alpha value is -0.830. The molecule has 0 amide bonds. The fraction of sp³-hybridized carbons (Fsp3) is 0.625. The number of nitrogens with one attached hydrogen (secondary N) is 1. The van der Waals surface area contributed by atoms with Crippen molar-refractivity contribution in [2.24, 2.45) is 5.92 Å². The molecular formula is C8H13NO2. The zero-order valence-electron chi connectivity index (χ0n) is 6.42. The number of aliphatic carboxylic acids is 1. The minimum Gasteiger partial charge on any atom is -0.481 e. The van der Waals surface area contributed by atoms with E-state index < -0.39 is 5.97 Å². The van der Waals surface area contributed by atoms with Crippen LogP contribution in [-0.2, 0) is 4.79 Å². The van der Waals surface area contributed by atoms with Gasteiger partial charge in [-0.05, 0) is 19.4 Å². The van der Waals surface area contributed by atoms with Crippen molar-refractivity contribution < 1.29 is 9.90 Å². The van der Waals surface area contributed by atoms with Crippen molar-refractivity contribution in [2.45, 2.75) is 12.8 Å².